The Hall–Kier alpha value is -3.29. The predicted octanol–water partition coefficient (Wildman–Crippen LogP) is 1.32. The van der Waals surface area contributed by atoms with Crippen LogP contribution in [0, 0.1) is 0 Å². The van der Waals surface area contributed by atoms with Gasteiger partial charge in [-0.1, -0.05) is 6.07 Å². The first-order valence-electron chi connectivity index (χ1n) is 6.39. The van der Waals surface area contributed by atoms with Crippen molar-refractivity contribution < 1.29 is 9.53 Å². The van der Waals surface area contributed by atoms with Gasteiger partial charge in [-0.2, -0.15) is 5.10 Å². The second kappa shape index (κ2) is 6.00. The molecule has 1 N–H and O–H groups in total. The van der Waals surface area contributed by atoms with Crippen molar-refractivity contribution in [3.8, 4) is 11.6 Å². The lowest BCUT2D eigenvalue weighted by molar-refractivity contribution is 0.102. The molecular weight excluding hydrogens is 284 g/mol. The Morgan fingerprint density at radius 1 is 1.23 bits per heavy atom. The second-order valence-electron chi connectivity index (χ2n) is 4.29. The smallest absolute Gasteiger partial charge is 0.256 e. The molecule has 2 heterocycles. The van der Waals surface area contributed by atoms with Crippen molar-refractivity contribution in [2.24, 2.45) is 0 Å². The molecule has 0 saturated heterocycles. The number of hydrogen-bond donors (Lipinski definition) is 1. The van der Waals surface area contributed by atoms with Crippen LogP contribution in [0.3, 0.4) is 0 Å². The molecule has 3 rings (SSSR count). The van der Waals surface area contributed by atoms with E-state index in [9.17, 15) is 4.79 Å². The van der Waals surface area contributed by atoms with Crippen LogP contribution in [0.4, 0.5) is 5.82 Å². The van der Waals surface area contributed by atoms with Crippen LogP contribution in [-0.4, -0.2) is 37.7 Å². The highest BCUT2D eigenvalue weighted by molar-refractivity contribution is 6.04. The minimum absolute atomic E-state index is 0.290. The van der Waals surface area contributed by atoms with E-state index in [1.165, 1.54) is 23.7 Å². The first-order chi connectivity index (χ1) is 10.8. The number of benzene rings is 1. The van der Waals surface area contributed by atoms with Gasteiger partial charge in [-0.3, -0.25) is 4.79 Å². The molecule has 0 radical (unpaired) electrons. The summed E-state index contributed by atoms with van der Waals surface area (Å²) in [6, 6.07) is 8.46. The van der Waals surface area contributed by atoms with Gasteiger partial charge >= 0.3 is 0 Å². The Balaban J connectivity index is 1.80. The van der Waals surface area contributed by atoms with E-state index in [0.717, 1.165) is 0 Å². The van der Waals surface area contributed by atoms with Gasteiger partial charge in [0.1, 0.15) is 30.5 Å². The molecule has 22 heavy (non-hydrogen) atoms. The highest BCUT2D eigenvalue weighted by Crippen LogP contribution is 2.14. The fourth-order valence-electron chi connectivity index (χ4n) is 1.82. The summed E-state index contributed by atoms with van der Waals surface area (Å²) < 4.78 is 6.57. The SMILES string of the molecule is COc1cccc(C(=O)Nc2cc(-n3cncn3)ncn2)c1. The molecule has 0 bridgehead atoms. The van der Waals surface area contributed by atoms with Gasteiger partial charge in [0.15, 0.2) is 5.82 Å². The molecule has 0 unspecified atom stereocenters. The van der Waals surface area contributed by atoms with Crippen molar-refractivity contribution in [2.75, 3.05) is 12.4 Å². The number of carbonyl (C=O) groups excluding carboxylic acids is 1. The molecule has 3 aromatic rings. The largest absolute Gasteiger partial charge is 0.497 e. The molecular formula is C14H12N6O2. The molecule has 0 aliphatic carbocycles. The Kier molecular flexibility index (Phi) is 3.73. The molecule has 0 spiro atoms. The second-order valence-corrected chi connectivity index (χ2v) is 4.29. The van der Waals surface area contributed by atoms with E-state index < -0.39 is 0 Å². The highest BCUT2D eigenvalue weighted by Gasteiger charge is 2.09. The lowest BCUT2D eigenvalue weighted by Gasteiger charge is -2.07. The average Bonchev–Trinajstić information content (AvgIpc) is 3.10. The lowest BCUT2D eigenvalue weighted by Crippen LogP contribution is -2.13. The summed E-state index contributed by atoms with van der Waals surface area (Å²) in [5.74, 6) is 1.20. The van der Waals surface area contributed by atoms with Gasteiger partial charge in [0, 0.05) is 11.6 Å². The Morgan fingerprint density at radius 2 is 2.14 bits per heavy atom. The van der Waals surface area contributed by atoms with E-state index in [0.29, 0.717) is 22.9 Å². The van der Waals surface area contributed by atoms with Gasteiger partial charge in [0.05, 0.1) is 7.11 Å². The number of nitrogens with zero attached hydrogens (tertiary/aromatic N) is 5. The molecule has 0 atom stereocenters. The van der Waals surface area contributed by atoms with Crippen molar-refractivity contribution in [1.29, 1.82) is 0 Å². The van der Waals surface area contributed by atoms with E-state index in [4.69, 9.17) is 4.74 Å². The monoisotopic (exact) mass is 296 g/mol. The number of anilines is 1. The predicted molar refractivity (Wildman–Crippen MR) is 77.9 cm³/mol. The number of hydrogen-bond acceptors (Lipinski definition) is 6. The van der Waals surface area contributed by atoms with Gasteiger partial charge in [-0.05, 0) is 18.2 Å². The number of methoxy groups -OCH3 is 1. The first kappa shape index (κ1) is 13.7. The van der Waals surface area contributed by atoms with Crippen molar-refractivity contribution in [3.63, 3.8) is 0 Å². The molecule has 0 fully saturated rings. The van der Waals surface area contributed by atoms with Gasteiger partial charge in [0.25, 0.3) is 5.91 Å². The van der Waals surface area contributed by atoms with Gasteiger partial charge in [-0.25, -0.2) is 19.6 Å². The van der Waals surface area contributed by atoms with Crippen LogP contribution in [-0.2, 0) is 0 Å². The van der Waals surface area contributed by atoms with Crippen LogP contribution in [0.15, 0.2) is 49.3 Å². The van der Waals surface area contributed by atoms with E-state index in [1.807, 2.05) is 0 Å². The molecule has 0 aliphatic rings. The maximum absolute atomic E-state index is 12.2. The minimum Gasteiger partial charge on any atom is -0.497 e. The zero-order valence-electron chi connectivity index (χ0n) is 11.7. The van der Waals surface area contributed by atoms with E-state index in [-0.39, 0.29) is 5.91 Å². The molecule has 8 nitrogen and oxygen atoms in total. The summed E-state index contributed by atoms with van der Waals surface area (Å²) in [6.45, 7) is 0. The highest BCUT2D eigenvalue weighted by atomic mass is 16.5. The number of aromatic nitrogens is 5. The van der Waals surface area contributed by atoms with E-state index in [1.54, 1.807) is 37.4 Å². The van der Waals surface area contributed by atoms with Gasteiger partial charge in [0.2, 0.25) is 0 Å². The third-order valence-electron chi connectivity index (χ3n) is 2.88. The number of carbonyl (C=O) groups is 1. The third-order valence-corrected chi connectivity index (χ3v) is 2.88. The molecule has 1 aromatic carbocycles. The maximum Gasteiger partial charge on any atom is 0.256 e. The summed E-state index contributed by atoms with van der Waals surface area (Å²) in [7, 11) is 1.55. The van der Waals surface area contributed by atoms with Crippen LogP contribution in [0.25, 0.3) is 5.82 Å². The standard InChI is InChI=1S/C14H12N6O2/c1-22-11-4-2-3-10(5-11)14(21)19-12-6-13(17-8-16-12)20-9-15-7-18-20/h2-9H,1H3,(H,16,17,19,21). The van der Waals surface area contributed by atoms with Crippen molar-refractivity contribution in [1.82, 2.24) is 24.7 Å². The molecule has 0 aliphatic heterocycles. The average molecular weight is 296 g/mol. The molecule has 110 valence electrons. The quantitative estimate of drug-likeness (QED) is 0.780. The Morgan fingerprint density at radius 3 is 2.91 bits per heavy atom. The van der Waals surface area contributed by atoms with Crippen molar-refractivity contribution in [3.05, 3.63) is 54.9 Å². The lowest BCUT2D eigenvalue weighted by atomic mass is 10.2. The minimum atomic E-state index is -0.290. The molecule has 2 aromatic heterocycles. The summed E-state index contributed by atoms with van der Waals surface area (Å²) in [6.07, 6.45) is 4.25. The number of nitrogens with one attached hydrogen (secondary N) is 1. The van der Waals surface area contributed by atoms with Crippen LogP contribution in [0.5, 0.6) is 5.75 Å². The topological polar surface area (TPSA) is 94.8 Å². The summed E-state index contributed by atoms with van der Waals surface area (Å²) in [5, 5.41) is 6.68. The molecule has 0 saturated carbocycles. The van der Waals surface area contributed by atoms with Crippen LogP contribution in [0.1, 0.15) is 10.4 Å². The van der Waals surface area contributed by atoms with Gasteiger partial charge in [-0.15, -0.1) is 0 Å². The number of amides is 1. The summed E-state index contributed by atoms with van der Waals surface area (Å²) in [5.41, 5.74) is 0.472. The first-order valence-corrected chi connectivity index (χ1v) is 6.39. The Bertz CT molecular complexity index is 788. The fraction of sp³-hybridized carbons (Fsp3) is 0.0714. The molecule has 8 heteroatoms. The summed E-state index contributed by atoms with van der Waals surface area (Å²) in [4.78, 5) is 24.2. The van der Waals surface area contributed by atoms with Crippen LogP contribution in [0.2, 0.25) is 0 Å². The number of ether oxygens (including phenoxy) is 1. The molecule has 1 amide bonds. The van der Waals surface area contributed by atoms with Crippen molar-refractivity contribution >= 4 is 11.7 Å². The normalized spacial score (nSPS) is 10.2. The van der Waals surface area contributed by atoms with Crippen LogP contribution >= 0.6 is 0 Å². The fourth-order valence-corrected chi connectivity index (χ4v) is 1.82. The third kappa shape index (κ3) is 2.90. The van der Waals surface area contributed by atoms with E-state index in [2.05, 4.69) is 25.4 Å². The number of rotatable bonds is 4. The van der Waals surface area contributed by atoms with E-state index >= 15 is 0 Å². The van der Waals surface area contributed by atoms with Crippen molar-refractivity contribution in [2.45, 2.75) is 0 Å². The van der Waals surface area contributed by atoms with Crippen LogP contribution < -0.4 is 10.1 Å². The zero-order chi connectivity index (χ0) is 15.4. The maximum atomic E-state index is 12.2. The van der Waals surface area contributed by atoms with Gasteiger partial charge < -0.3 is 10.1 Å². The zero-order valence-corrected chi connectivity index (χ0v) is 11.7. The Labute approximate surface area is 125 Å². The summed E-state index contributed by atoms with van der Waals surface area (Å²) >= 11 is 0.